The molecule has 1 N–H and O–H groups in total. The first-order chi connectivity index (χ1) is 11.7. The summed E-state index contributed by atoms with van der Waals surface area (Å²) in [6.07, 6.45) is 5.05. The van der Waals surface area contributed by atoms with Gasteiger partial charge in [-0.25, -0.2) is 0 Å². The van der Waals surface area contributed by atoms with Crippen molar-refractivity contribution in [3.63, 3.8) is 0 Å². The van der Waals surface area contributed by atoms with E-state index in [4.69, 9.17) is 9.47 Å². The predicted octanol–water partition coefficient (Wildman–Crippen LogP) is 2.99. The topological polar surface area (TPSA) is 77.5 Å². The van der Waals surface area contributed by atoms with Gasteiger partial charge in [-0.2, -0.15) is 0 Å². The second kappa shape index (κ2) is 7.18. The molecule has 1 aromatic carbocycles. The van der Waals surface area contributed by atoms with E-state index in [-0.39, 0.29) is 11.1 Å². The average molecular weight is 342 g/mol. The van der Waals surface area contributed by atoms with Crippen molar-refractivity contribution in [1.82, 2.24) is 10.3 Å². The van der Waals surface area contributed by atoms with Gasteiger partial charge >= 0.3 is 0 Å². The molecule has 7 heteroatoms. The first kappa shape index (κ1) is 16.1. The molecule has 1 aliphatic heterocycles. The Morgan fingerprint density at radius 3 is 2.62 bits per heavy atom. The molecule has 0 radical (unpaired) electrons. The summed E-state index contributed by atoms with van der Waals surface area (Å²) in [5, 5.41) is 1.86. The molecular weight excluding hydrogens is 328 g/mol. The number of carbonyl (C=O) groups excluding carboxylic acids is 2. The molecule has 0 aliphatic carbocycles. The van der Waals surface area contributed by atoms with Gasteiger partial charge in [-0.1, -0.05) is 6.07 Å². The Bertz CT molecular complexity index is 805. The highest BCUT2D eigenvalue weighted by Gasteiger charge is 2.25. The zero-order chi connectivity index (χ0) is 16.9. The number of amides is 2. The van der Waals surface area contributed by atoms with Crippen LogP contribution >= 0.6 is 11.8 Å². The van der Waals surface area contributed by atoms with Gasteiger partial charge in [-0.15, -0.1) is 0 Å². The largest absolute Gasteiger partial charge is 0.493 e. The zero-order valence-corrected chi connectivity index (χ0v) is 13.6. The van der Waals surface area contributed by atoms with E-state index in [0.717, 1.165) is 22.9 Å². The summed E-state index contributed by atoms with van der Waals surface area (Å²) < 4.78 is 11.1. The maximum Gasteiger partial charge on any atom is 0.290 e. The Morgan fingerprint density at radius 1 is 1.17 bits per heavy atom. The Kier molecular flexibility index (Phi) is 4.81. The highest BCUT2D eigenvalue weighted by Crippen LogP contribution is 2.31. The third kappa shape index (κ3) is 3.75. The number of nitrogens with one attached hydrogen (secondary N) is 1. The Morgan fingerprint density at radius 2 is 1.96 bits per heavy atom. The van der Waals surface area contributed by atoms with Gasteiger partial charge in [0, 0.05) is 12.4 Å². The maximum absolute atomic E-state index is 11.6. The van der Waals surface area contributed by atoms with Crippen LogP contribution in [0.3, 0.4) is 0 Å². The maximum atomic E-state index is 11.6. The van der Waals surface area contributed by atoms with Crippen molar-refractivity contribution >= 4 is 29.0 Å². The van der Waals surface area contributed by atoms with Crippen LogP contribution in [0.1, 0.15) is 11.1 Å². The lowest BCUT2D eigenvalue weighted by Crippen LogP contribution is -2.17. The SMILES string of the molecule is COc1cc(/C=C2\SC(=O)NC2=O)ccc1OCc1ccncc1. The summed E-state index contributed by atoms with van der Waals surface area (Å²) in [6.45, 7) is 0.395. The smallest absolute Gasteiger partial charge is 0.290 e. The van der Waals surface area contributed by atoms with Crippen LogP contribution in [0.15, 0.2) is 47.6 Å². The van der Waals surface area contributed by atoms with Crippen LogP contribution in [0.4, 0.5) is 4.79 Å². The van der Waals surface area contributed by atoms with Crippen LogP contribution in [0.2, 0.25) is 0 Å². The van der Waals surface area contributed by atoms with Gasteiger partial charge in [0.05, 0.1) is 12.0 Å². The van der Waals surface area contributed by atoms with E-state index in [1.807, 2.05) is 12.1 Å². The lowest BCUT2D eigenvalue weighted by molar-refractivity contribution is -0.115. The van der Waals surface area contributed by atoms with E-state index < -0.39 is 0 Å². The highest BCUT2D eigenvalue weighted by molar-refractivity contribution is 8.18. The highest BCUT2D eigenvalue weighted by atomic mass is 32.2. The number of thioether (sulfide) groups is 1. The number of hydrogen-bond donors (Lipinski definition) is 1. The van der Waals surface area contributed by atoms with Crippen LogP contribution in [0.25, 0.3) is 6.08 Å². The zero-order valence-electron chi connectivity index (χ0n) is 12.8. The van der Waals surface area contributed by atoms with Crippen LogP contribution in [0, 0.1) is 0 Å². The summed E-state index contributed by atoms with van der Waals surface area (Å²) >= 11 is 0.877. The number of rotatable bonds is 5. The van der Waals surface area contributed by atoms with Crippen LogP contribution in [-0.4, -0.2) is 23.2 Å². The molecule has 1 saturated heterocycles. The minimum Gasteiger partial charge on any atom is -0.493 e. The fourth-order valence-corrected chi connectivity index (χ4v) is 2.79. The molecule has 0 atom stereocenters. The first-order valence-corrected chi connectivity index (χ1v) is 7.92. The molecule has 1 fully saturated rings. The third-order valence-electron chi connectivity index (χ3n) is 3.27. The predicted molar refractivity (Wildman–Crippen MR) is 90.7 cm³/mol. The molecule has 0 unspecified atom stereocenters. The molecule has 0 saturated carbocycles. The molecule has 2 aromatic rings. The van der Waals surface area contributed by atoms with Crippen molar-refractivity contribution in [2.75, 3.05) is 7.11 Å². The summed E-state index contributed by atoms with van der Waals surface area (Å²) in [5.41, 5.74) is 1.74. The van der Waals surface area contributed by atoms with E-state index in [1.165, 1.54) is 0 Å². The fraction of sp³-hybridized carbons (Fsp3) is 0.118. The molecule has 1 aliphatic rings. The van der Waals surface area contributed by atoms with Gasteiger partial charge in [-0.05, 0) is 53.2 Å². The fourth-order valence-electron chi connectivity index (χ4n) is 2.11. The van der Waals surface area contributed by atoms with Gasteiger partial charge < -0.3 is 9.47 Å². The van der Waals surface area contributed by atoms with Crippen molar-refractivity contribution in [1.29, 1.82) is 0 Å². The standard InChI is InChI=1S/C17H14N2O4S/c1-22-14-8-12(9-15-16(20)19-17(21)24-15)2-3-13(14)23-10-11-4-6-18-7-5-11/h2-9H,10H2,1H3,(H,19,20,21)/b15-9-. The number of aromatic nitrogens is 1. The van der Waals surface area contributed by atoms with Crippen LogP contribution in [-0.2, 0) is 11.4 Å². The van der Waals surface area contributed by atoms with Crippen molar-refractivity contribution < 1.29 is 19.1 Å². The molecule has 2 heterocycles. The number of methoxy groups -OCH3 is 1. The van der Waals surface area contributed by atoms with Crippen molar-refractivity contribution in [2.45, 2.75) is 6.61 Å². The number of hydrogen-bond acceptors (Lipinski definition) is 6. The molecule has 24 heavy (non-hydrogen) atoms. The Hall–Kier alpha value is -2.80. The van der Waals surface area contributed by atoms with Crippen molar-refractivity contribution in [2.24, 2.45) is 0 Å². The van der Waals surface area contributed by atoms with Gasteiger partial charge in [0.15, 0.2) is 11.5 Å². The quantitative estimate of drug-likeness (QED) is 0.842. The van der Waals surface area contributed by atoms with E-state index in [9.17, 15) is 9.59 Å². The van der Waals surface area contributed by atoms with Crippen LogP contribution in [0.5, 0.6) is 11.5 Å². The van der Waals surface area contributed by atoms with E-state index >= 15 is 0 Å². The number of nitrogens with zero attached hydrogens (tertiary/aromatic N) is 1. The van der Waals surface area contributed by atoms with Gasteiger partial charge in [0.2, 0.25) is 0 Å². The lowest BCUT2D eigenvalue weighted by Gasteiger charge is -2.11. The first-order valence-electron chi connectivity index (χ1n) is 7.10. The number of imide groups is 1. The Balaban J connectivity index is 1.77. The van der Waals surface area contributed by atoms with Gasteiger partial charge in [0.1, 0.15) is 6.61 Å². The molecule has 3 rings (SSSR count). The minimum atomic E-state index is -0.387. The summed E-state index contributed by atoms with van der Waals surface area (Å²) in [6, 6.07) is 9.07. The molecule has 122 valence electrons. The molecule has 2 amide bonds. The van der Waals surface area contributed by atoms with Crippen molar-refractivity contribution in [3.8, 4) is 11.5 Å². The Labute approximate surface area is 142 Å². The number of pyridine rings is 1. The van der Waals surface area contributed by atoms with Crippen molar-refractivity contribution in [3.05, 3.63) is 58.8 Å². The molecular formula is C17H14N2O4S. The normalized spacial score (nSPS) is 15.5. The van der Waals surface area contributed by atoms with Gasteiger partial charge in [-0.3, -0.25) is 19.9 Å². The molecule has 1 aromatic heterocycles. The monoisotopic (exact) mass is 342 g/mol. The number of benzene rings is 1. The average Bonchev–Trinajstić information content (AvgIpc) is 2.91. The van der Waals surface area contributed by atoms with E-state index in [0.29, 0.717) is 23.0 Å². The minimum absolute atomic E-state index is 0.354. The molecule has 0 bridgehead atoms. The van der Waals surface area contributed by atoms with E-state index in [2.05, 4.69) is 10.3 Å². The summed E-state index contributed by atoms with van der Waals surface area (Å²) in [7, 11) is 1.55. The second-order valence-electron chi connectivity index (χ2n) is 4.91. The lowest BCUT2D eigenvalue weighted by atomic mass is 10.2. The summed E-state index contributed by atoms with van der Waals surface area (Å²) in [4.78, 5) is 27.1. The van der Waals surface area contributed by atoms with Crippen LogP contribution < -0.4 is 14.8 Å². The second-order valence-corrected chi connectivity index (χ2v) is 5.92. The number of carbonyl (C=O) groups is 2. The summed E-state index contributed by atoms with van der Waals surface area (Å²) in [5.74, 6) is 0.756. The van der Waals surface area contributed by atoms with Gasteiger partial charge in [0.25, 0.3) is 11.1 Å². The third-order valence-corrected chi connectivity index (χ3v) is 4.08. The van der Waals surface area contributed by atoms with E-state index in [1.54, 1.807) is 43.8 Å². The molecule has 0 spiro atoms. The molecule has 6 nitrogen and oxygen atoms in total. The number of ether oxygens (including phenoxy) is 2.